The smallest absolute Gasteiger partial charge is 0.243 e. The SMILES string of the molecule is Cc1cc(C(C(=O)N2CC(O)CC2C(=O)NC(CO)c2ccc(-c3scnc3C)cc2)C(C)C)on1. The number of hydrogen-bond acceptors (Lipinski definition) is 8. The van der Waals surface area contributed by atoms with Crippen molar-refractivity contribution in [3.63, 3.8) is 0 Å². The Labute approximate surface area is 214 Å². The molecular weight excluding hydrogens is 480 g/mol. The predicted molar refractivity (Wildman–Crippen MR) is 135 cm³/mol. The number of nitrogens with one attached hydrogen (secondary N) is 1. The van der Waals surface area contributed by atoms with Crippen molar-refractivity contribution in [1.29, 1.82) is 0 Å². The van der Waals surface area contributed by atoms with Crippen LogP contribution < -0.4 is 5.32 Å². The number of amides is 2. The van der Waals surface area contributed by atoms with Gasteiger partial charge in [-0.05, 0) is 30.9 Å². The largest absolute Gasteiger partial charge is 0.394 e. The predicted octanol–water partition coefficient (Wildman–Crippen LogP) is 2.97. The number of β-amino-alcohol motifs (C(OH)–C–C–N with tert-alkyl or cyclic N) is 1. The molecule has 36 heavy (non-hydrogen) atoms. The molecule has 0 radical (unpaired) electrons. The molecule has 9 nitrogen and oxygen atoms in total. The molecule has 192 valence electrons. The van der Waals surface area contributed by atoms with Crippen LogP contribution in [0.25, 0.3) is 10.4 Å². The molecule has 3 aromatic rings. The second kappa shape index (κ2) is 10.9. The van der Waals surface area contributed by atoms with Gasteiger partial charge in [0.15, 0.2) is 0 Å². The Bertz CT molecular complexity index is 1210. The van der Waals surface area contributed by atoms with Gasteiger partial charge < -0.3 is 25.0 Å². The Morgan fingerprint density at radius 1 is 1.25 bits per heavy atom. The standard InChI is InChI=1S/C26H32N4O5S/c1-14(2)23(22-9-15(3)29-35-22)26(34)30-11-19(32)10-21(30)25(33)28-20(12-31)17-5-7-18(8-6-17)24-16(4)27-13-36-24/h5-9,13-14,19-21,23,31-32H,10-12H2,1-4H3,(H,28,33). The van der Waals surface area contributed by atoms with Crippen molar-refractivity contribution >= 4 is 23.2 Å². The average molecular weight is 513 g/mol. The van der Waals surface area contributed by atoms with Crippen LogP contribution in [0.3, 0.4) is 0 Å². The van der Waals surface area contributed by atoms with Crippen molar-refractivity contribution < 1.29 is 24.3 Å². The van der Waals surface area contributed by atoms with Gasteiger partial charge in [-0.3, -0.25) is 9.59 Å². The summed E-state index contributed by atoms with van der Waals surface area (Å²) in [6.07, 6.45) is -0.692. The number of carbonyl (C=O) groups excluding carboxylic acids is 2. The monoisotopic (exact) mass is 512 g/mol. The number of aliphatic hydroxyl groups excluding tert-OH is 2. The fourth-order valence-corrected chi connectivity index (χ4v) is 5.51. The molecule has 4 rings (SSSR count). The van der Waals surface area contributed by atoms with Crippen molar-refractivity contribution in [3.8, 4) is 10.4 Å². The van der Waals surface area contributed by atoms with Gasteiger partial charge in [-0.25, -0.2) is 4.98 Å². The zero-order chi connectivity index (χ0) is 26.0. The van der Waals surface area contributed by atoms with Crippen LogP contribution in [0.2, 0.25) is 0 Å². The van der Waals surface area contributed by atoms with Gasteiger partial charge in [-0.1, -0.05) is 43.3 Å². The first-order valence-electron chi connectivity index (χ1n) is 12.0. The zero-order valence-corrected chi connectivity index (χ0v) is 21.7. The van der Waals surface area contributed by atoms with Crippen LogP contribution >= 0.6 is 11.3 Å². The number of benzene rings is 1. The van der Waals surface area contributed by atoms with E-state index in [1.165, 1.54) is 4.90 Å². The molecule has 2 amide bonds. The maximum Gasteiger partial charge on any atom is 0.243 e. The Morgan fingerprint density at radius 3 is 2.53 bits per heavy atom. The minimum atomic E-state index is -0.856. The number of aryl methyl sites for hydroxylation is 2. The quantitative estimate of drug-likeness (QED) is 0.423. The fraction of sp³-hybridized carbons (Fsp3) is 0.462. The Balaban J connectivity index is 1.50. The topological polar surface area (TPSA) is 129 Å². The molecule has 0 spiro atoms. The molecular formula is C26H32N4O5S. The van der Waals surface area contributed by atoms with Crippen LogP contribution in [0.5, 0.6) is 0 Å². The minimum Gasteiger partial charge on any atom is -0.394 e. The lowest BCUT2D eigenvalue weighted by molar-refractivity contribution is -0.141. The molecule has 2 aromatic heterocycles. The van der Waals surface area contributed by atoms with Crippen molar-refractivity contribution in [3.05, 3.63) is 58.6 Å². The third-order valence-electron chi connectivity index (χ3n) is 6.57. The molecule has 3 heterocycles. The highest BCUT2D eigenvalue weighted by molar-refractivity contribution is 7.13. The summed E-state index contributed by atoms with van der Waals surface area (Å²) in [4.78, 5) is 33.6. The summed E-state index contributed by atoms with van der Waals surface area (Å²) in [6.45, 7) is 7.29. The molecule has 10 heteroatoms. The van der Waals surface area contributed by atoms with E-state index in [0.717, 1.165) is 21.7 Å². The molecule has 4 unspecified atom stereocenters. The van der Waals surface area contributed by atoms with E-state index < -0.39 is 30.0 Å². The first-order valence-corrected chi connectivity index (χ1v) is 12.9. The highest BCUT2D eigenvalue weighted by Gasteiger charge is 2.43. The summed E-state index contributed by atoms with van der Waals surface area (Å²) in [5.41, 5.74) is 5.17. The van der Waals surface area contributed by atoms with Gasteiger partial charge in [0.25, 0.3) is 0 Å². The number of aromatic nitrogens is 2. The van der Waals surface area contributed by atoms with E-state index in [2.05, 4.69) is 15.5 Å². The molecule has 4 atom stereocenters. The lowest BCUT2D eigenvalue weighted by Crippen LogP contribution is -2.49. The molecule has 1 aromatic carbocycles. The van der Waals surface area contributed by atoms with Crippen LogP contribution in [0.4, 0.5) is 0 Å². The molecule has 1 aliphatic rings. The Morgan fingerprint density at radius 2 is 1.97 bits per heavy atom. The Kier molecular flexibility index (Phi) is 7.87. The number of hydrogen-bond donors (Lipinski definition) is 3. The normalized spacial score (nSPS) is 19.5. The highest BCUT2D eigenvalue weighted by atomic mass is 32.1. The van der Waals surface area contributed by atoms with Crippen LogP contribution in [-0.4, -0.2) is 62.4 Å². The maximum atomic E-state index is 13.6. The van der Waals surface area contributed by atoms with Gasteiger partial charge >= 0.3 is 0 Å². The summed E-state index contributed by atoms with van der Waals surface area (Å²) in [5.74, 6) is -0.988. The number of thiazole rings is 1. The van der Waals surface area contributed by atoms with E-state index in [-0.39, 0.29) is 31.4 Å². The summed E-state index contributed by atoms with van der Waals surface area (Å²) in [7, 11) is 0. The van der Waals surface area contributed by atoms with Crippen molar-refractivity contribution in [2.45, 2.75) is 58.2 Å². The lowest BCUT2D eigenvalue weighted by atomic mass is 9.91. The summed E-state index contributed by atoms with van der Waals surface area (Å²) < 4.78 is 5.38. The number of nitrogens with zero attached hydrogens (tertiary/aromatic N) is 3. The van der Waals surface area contributed by atoms with Gasteiger partial charge in [0.1, 0.15) is 17.7 Å². The fourth-order valence-electron chi connectivity index (χ4n) is 4.70. The van der Waals surface area contributed by atoms with Crippen LogP contribution in [0, 0.1) is 19.8 Å². The lowest BCUT2D eigenvalue weighted by Gasteiger charge is -2.29. The number of aliphatic hydroxyl groups is 2. The molecule has 1 saturated heterocycles. The number of carbonyl (C=O) groups is 2. The minimum absolute atomic E-state index is 0.0555. The van der Waals surface area contributed by atoms with E-state index in [9.17, 15) is 19.8 Å². The van der Waals surface area contributed by atoms with E-state index in [4.69, 9.17) is 4.52 Å². The van der Waals surface area contributed by atoms with Crippen molar-refractivity contribution in [2.24, 2.45) is 5.92 Å². The number of rotatable bonds is 8. The molecule has 0 bridgehead atoms. The second-order valence-corrected chi connectivity index (χ2v) is 10.5. The van der Waals surface area contributed by atoms with Gasteiger partial charge in [0, 0.05) is 19.0 Å². The summed E-state index contributed by atoms with van der Waals surface area (Å²) in [6, 6.07) is 7.82. The van der Waals surface area contributed by atoms with E-state index in [0.29, 0.717) is 11.5 Å². The number of likely N-dealkylation sites (tertiary alicyclic amines) is 1. The third kappa shape index (κ3) is 5.35. The highest BCUT2D eigenvalue weighted by Crippen LogP contribution is 2.32. The van der Waals surface area contributed by atoms with Gasteiger partial charge in [0.05, 0.1) is 40.5 Å². The van der Waals surface area contributed by atoms with Crippen LogP contribution in [-0.2, 0) is 9.59 Å². The van der Waals surface area contributed by atoms with Gasteiger partial charge in [0.2, 0.25) is 11.8 Å². The molecule has 1 fully saturated rings. The zero-order valence-electron chi connectivity index (χ0n) is 20.8. The second-order valence-electron chi connectivity index (χ2n) is 9.62. The Hall–Kier alpha value is -3.08. The van der Waals surface area contributed by atoms with Gasteiger partial charge in [-0.2, -0.15) is 0 Å². The van der Waals surface area contributed by atoms with Gasteiger partial charge in [-0.15, -0.1) is 11.3 Å². The van der Waals surface area contributed by atoms with Crippen LogP contribution in [0.15, 0.2) is 40.4 Å². The molecule has 1 aliphatic heterocycles. The van der Waals surface area contributed by atoms with Crippen molar-refractivity contribution in [2.75, 3.05) is 13.2 Å². The van der Waals surface area contributed by atoms with Crippen LogP contribution in [0.1, 0.15) is 54.9 Å². The van der Waals surface area contributed by atoms with E-state index in [1.54, 1.807) is 29.8 Å². The summed E-state index contributed by atoms with van der Waals surface area (Å²) >= 11 is 1.56. The first-order chi connectivity index (χ1) is 17.2. The molecule has 0 aliphatic carbocycles. The first kappa shape index (κ1) is 26.0. The molecule has 0 saturated carbocycles. The average Bonchev–Trinajstić information content (AvgIpc) is 3.57. The van der Waals surface area contributed by atoms with E-state index in [1.807, 2.05) is 45.0 Å². The third-order valence-corrected chi connectivity index (χ3v) is 7.55. The maximum absolute atomic E-state index is 13.6. The van der Waals surface area contributed by atoms with E-state index >= 15 is 0 Å². The molecule has 3 N–H and O–H groups in total. The summed E-state index contributed by atoms with van der Waals surface area (Å²) in [5, 5.41) is 27.2. The van der Waals surface area contributed by atoms with Crippen molar-refractivity contribution in [1.82, 2.24) is 20.4 Å².